The molecule has 0 spiro atoms. The van der Waals surface area contributed by atoms with E-state index in [-0.39, 0.29) is 12.3 Å². The summed E-state index contributed by atoms with van der Waals surface area (Å²) in [6.45, 7) is 3.44. The quantitative estimate of drug-likeness (QED) is 0.327. The van der Waals surface area contributed by atoms with Crippen molar-refractivity contribution < 1.29 is 18.6 Å². The Balaban J connectivity index is 1.81. The molecular formula is C19H27F2N5O2. The maximum atomic E-state index is 12.2. The average molecular weight is 395 g/mol. The number of benzene rings is 1. The van der Waals surface area contributed by atoms with Gasteiger partial charge < -0.3 is 20.5 Å². The molecule has 3 N–H and O–H groups in total. The maximum Gasteiger partial charge on any atom is 0.387 e. The van der Waals surface area contributed by atoms with Gasteiger partial charge in [-0.15, -0.1) is 0 Å². The monoisotopic (exact) mass is 395 g/mol. The van der Waals surface area contributed by atoms with Gasteiger partial charge in [0, 0.05) is 25.8 Å². The van der Waals surface area contributed by atoms with Crippen molar-refractivity contribution in [3.63, 3.8) is 0 Å². The lowest BCUT2D eigenvalue weighted by Crippen LogP contribution is -2.38. The first-order valence-electron chi connectivity index (χ1n) is 9.22. The van der Waals surface area contributed by atoms with Crippen LogP contribution in [-0.4, -0.2) is 47.1 Å². The van der Waals surface area contributed by atoms with Gasteiger partial charge in [0.25, 0.3) is 0 Å². The third-order valence-corrected chi connectivity index (χ3v) is 3.88. The summed E-state index contributed by atoms with van der Waals surface area (Å²) in [5, 5.41) is 20.9. The number of halogens is 2. The summed E-state index contributed by atoms with van der Waals surface area (Å²) in [7, 11) is 0. The lowest BCUT2D eigenvalue weighted by Gasteiger charge is -2.14. The van der Waals surface area contributed by atoms with Crippen LogP contribution in [0.3, 0.4) is 0 Å². The smallest absolute Gasteiger partial charge is 0.387 e. The zero-order valence-electron chi connectivity index (χ0n) is 16.1. The zero-order valence-corrected chi connectivity index (χ0v) is 16.1. The van der Waals surface area contributed by atoms with Gasteiger partial charge in [0.15, 0.2) is 5.96 Å². The van der Waals surface area contributed by atoms with E-state index in [9.17, 15) is 13.9 Å². The average Bonchev–Trinajstić information content (AvgIpc) is 3.08. The molecule has 1 heterocycles. The van der Waals surface area contributed by atoms with Crippen LogP contribution in [-0.2, 0) is 6.54 Å². The Morgan fingerprint density at radius 3 is 2.64 bits per heavy atom. The normalized spacial score (nSPS) is 12.9. The summed E-state index contributed by atoms with van der Waals surface area (Å²) in [6, 6.07) is 5.89. The van der Waals surface area contributed by atoms with Crippen molar-refractivity contribution >= 4 is 5.96 Å². The first-order chi connectivity index (χ1) is 13.5. The number of aromatic nitrogens is 2. The topological polar surface area (TPSA) is 83.7 Å². The molecule has 9 heteroatoms. The number of aliphatic imine (C=N–C) groups is 1. The molecule has 0 saturated heterocycles. The van der Waals surface area contributed by atoms with Crippen molar-refractivity contribution in [3.8, 4) is 5.75 Å². The molecule has 0 aliphatic rings. The molecule has 0 saturated carbocycles. The SMILES string of the molecule is CCNC(=NCC(O)c1ccc(OC(F)F)cc1)NCCCn1cc(C)cn1. The summed E-state index contributed by atoms with van der Waals surface area (Å²) < 4.78 is 30.6. The number of aliphatic hydroxyl groups excluding tert-OH is 1. The van der Waals surface area contributed by atoms with Crippen LogP contribution in [0.2, 0.25) is 0 Å². The van der Waals surface area contributed by atoms with E-state index in [0.717, 1.165) is 18.5 Å². The summed E-state index contributed by atoms with van der Waals surface area (Å²) in [4.78, 5) is 4.38. The highest BCUT2D eigenvalue weighted by atomic mass is 19.3. The van der Waals surface area contributed by atoms with E-state index in [1.54, 1.807) is 12.1 Å². The van der Waals surface area contributed by atoms with E-state index in [1.165, 1.54) is 12.1 Å². The Labute approximate surface area is 163 Å². The van der Waals surface area contributed by atoms with Gasteiger partial charge in [-0.2, -0.15) is 13.9 Å². The molecule has 28 heavy (non-hydrogen) atoms. The molecule has 0 bridgehead atoms. The van der Waals surface area contributed by atoms with E-state index >= 15 is 0 Å². The van der Waals surface area contributed by atoms with Crippen LogP contribution in [0.1, 0.15) is 30.6 Å². The first kappa shape index (κ1) is 21.6. The number of alkyl halides is 2. The lowest BCUT2D eigenvalue weighted by molar-refractivity contribution is -0.0498. The second kappa shape index (κ2) is 11.2. The molecule has 0 radical (unpaired) electrons. The zero-order chi connectivity index (χ0) is 20.4. The first-order valence-corrected chi connectivity index (χ1v) is 9.22. The van der Waals surface area contributed by atoms with Crippen molar-refractivity contribution in [2.45, 2.75) is 39.5 Å². The van der Waals surface area contributed by atoms with Crippen LogP contribution >= 0.6 is 0 Å². The Bertz CT molecular complexity index is 734. The molecule has 1 aromatic carbocycles. The van der Waals surface area contributed by atoms with Crippen LogP contribution in [0.15, 0.2) is 41.7 Å². The fourth-order valence-electron chi connectivity index (χ4n) is 2.53. The third-order valence-electron chi connectivity index (χ3n) is 3.88. The molecule has 2 rings (SSSR count). The number of guanidine groups is 1. The van der Waals surface area contributed by atoms with E-state index in [4.69, 9.17) is 0 Å². The van der Waals surface area contributed by atoms with Gasteiger partial charge >= 0.3 is 6.61 Å². The molecule has 0 fully saturated rings. The standard InChI is InChI=1S/C19H27F2N5O2/c1-3-22-19(23-9-4-10-26-13-14(2)11-25-26)24-12-17(27)15-5-7-16(8-6-15)28-18(20)21/h5-8,11,13,17-18,27H,3-4,9-10,12H2,1-2H3,(H2,22,23,24). The minimum atomic E-state index is -2.87. The van der Waals surface area contributed by atoms with Gasteiger partial charge in [0.2, 0.25) is 0 Å². The van der Waals surface area contributed by atoms with Crippen molar-refractivity contribution in [2.75, 3.05) is 19.6 Å². The number of nitrogens with zero attached hydrogens (tertiary/aromatic N) is 3. The van der Waals surface area contributed by atoms with Crippen LogP contribution in [0.25, 0.3) is 0 Å². The largest absolute Gasteiger partial charge is 0.435 e. The van der Waals surface area contributed by atoms with Crippen molar-refractivity contribution in [3.05, 3.63) is 47.8 Å². The fourth-order valence-corrected chi connectivity index (χ4v) is 2.53. The van der Waals surface area contributed by atoms with Crippen LogP contribution in [0, 0.1) is 6.92 Å². The van der Waals surface area contributed by atoms with Gasteiger partial charge in [-0.05, 0) is 43.5 Å². The highest BCUT2D eigenvalue weighted by molar-refractivity contribution is 5.79. The van der Waals surface area contributed by atoms with Crippen LogP contribution < -0.4 is 15.4 Å². The molecule has 0 aliphatic carbocycles. The number of aliphatic hydroxyl groups is 1. The Morgan fingerprint density at radius 1 is 1.29 bits per heavy atom. The Morgan fingerprint density at radius 2 is 2.04 bits per heavy atom. The van der Waals surface area contributed by atoms with Gasteiger partial charge in [0.05, 0.1) is 18.8 Å². The molecule has 0 amide bonds. The predicted molar refractivity (Wildman–Crippen MR) is 104 cm³/mol. The third kappa shape index (κ3) is 7.51. The molecule has 1 unspecified atom stereocenters. The molecule has 7 nitrogen and oxygen atoms in total. The van der Waals surface area contributed by atoms with Gasteiger partial charge in [0.1, 0.15) is 5.75 Å². The lowest BCUT2D eigenvalue weighted by atomic mass is 10.1. The van der Waals surface area contributed by atoms with Crippen LogP contribution in [0.5, 0.6) is 5.75 Å². The van der Waals surface area contributed by atoms with Crippen molar-refractivity contribution in [1.82, 2.24) is 20.4 Å². The number of ether oxygens (including phenoxy) is 1. The predicted octanol–water partition coefficient (Wildman–Crippen LogP) is 2.47. The molecule has 1 aromatic heterocycles. The molecule has 154 valence electrons. The summed E-state index contributed by atoms with van der Waals surface area (Å²) in [6.07, 6.45) is 3.85. The number of rotatable bonds is 10. The van der Waals surface area contributed by atoms with Gasteiger partial charge in [-0.1, -0.05) is 12.1 Å². The Hall–Kier alpha value is -2.68. The van der Waals surface area contributed by atoms with Gasteiger partial charge in [-0.25, -0.2) is 0 Å². The summed E-state index contributed by atoms with van der Waals surface area (Å²) in [5.41, 5.74) is 1.71. The molecular weight excluding hydrogens is 368 g/mol. The second-order valence-corrected chi connectivity index (χ2v) is 6.24. The highest BCUT2D eigenvalue weighted by Crippen LogP contribution is 2.19. The Kier molecular flexibility index (Phi) is 8.67. The number of aryl methyl sites for hydroxylation is 2. The second-order valence-electron chi connectivity index (χ2n) is 6.24. The van der Waals surface area contributed by atoms with E-state index in [2.05, 4.69) is 25.5 Å². The van der Waals surface area contributed by atoms with Crippen molar-refractivity contribution in [2.24, 2.45) is 4.99 Å². The maximum absolute atomic E-state index is 12.2. The van der Waals surface area contributed by atoms with Crippen LogP contribution in [0.4, 0.5) is 8.78 Å². The van der Waals surface area contributed by atoms with E-state index in [1.807, 2.05) is 30.9 Å². The van der Waals surface area contributed by atoms with E-state index < -0.39 is 12.7 Å². The van der Waals surface area contributed by atoms with Gasteiger partial charge in [-0.3, -0.25) is 9.67 Å². The number of hydrogen-bond donors (Lipinski definition) is 3. The number of nitrogens with one attached hydrogen (secondary N) is 2. The molecule has 2 aromatic rings. The summed E-state index contributed by atoms with van der Waals surface area (Å²) in [5.74, 6) is 0.660. The van der Waals surface area contributed by atoms with Crippen molar-refractivity contribution in [1.29, 1.82) is 0 Å². The number of hydrogen-bond acceptors (Lipinski definition) is 4. The molecule has 1 atom stereocenters. The highest BCUT2D eigenvalue weighted by Gasteiger charge is 2.09. The minimum absolute atomic E-state index is 0.0526. The minimum Gasteiger partial charge on any atom is -0.435 e. The molecule has 0 aliphatic heterocycles. The summed E-state index contributed by atoms with van der Waals surface area (Å²) >= 11 is 0. The fraction of sp³-hybridized carbons (Fsp3) is 0.474. The van der Waals surface area contributed by atoms with E-state index in [0.29, 0.717) is 24.6 Å².